The number of amides is 3. The first-order valence-electron chi connectivity index (χ1n) is 9.77. The summed E-state index contributed by atoms with van der Waals surface area (Å²) in [6.45, 7) is 1.13. The van der Waals surface area contributed by atoms with E-state index in [2.05, 4.69) is 10.6 Å². The van der Waals surface area contributed by atoms with Gasteiger partial charge in [0.25, 0.3) is 5.91 Å². The highest BCUT2D eigenvalue weighted by Crippen LogP contribution is 2.52. The normalized spacial score (nSPS) is 26.3. The number of halogens is 3. The Morgan fingerprint density at radius 1 is 1.29 bits per heavy atom. The van der Waals surface area contributed by atoms with Crippen LogP contribution in [-0.4, -0.2) is 64.0 Å². The summed E-state index contributed by atoms with van der Waals surface area (Å²) in [5, 5.41) is 13.4. The van der Waals surface area contributed by atoms with Gasteiger partial charge in [-0.25, -0.2) is 4.39 Å². The van der Waals surface area contributed by atoms with E-state index in [-0.39, 0.29) is 37.5 Å². The SMILES string of the molecule is C[C@@]1(F)C[C@@H](C(=O)NC[C@H]2CC2(Cl)Cl)N(C(=O)CNc2ccccc2C(=N)C(N)=O)C1. The fourth-order valence-electron chi connectivity index (χ4n) is 3.63. The van der Waals surface area contributed by atoms with Crippen LogP contribution < -0.4 is 16.4 Å². The van der Waals surface area contributed by atoms with Crippen molar-refractivity contribution in [2.75, 3.05) is 25.0 Å². The molecule has 0 unspecified atom stereocenters. The van der Waals surface area contributed by atoms with Gasteiger partial charge in [-0.2, -0.15) is 0 Å². The summed E-state index contributed by atoms with van der Waals surface area (Å²) in [5.74, 6) is -1.92. The maximum absolute atomic E-state index is 14.7. The number of benzene rings is 1. The van der Waals surface area contributed by atoms with E-state index in [1.54, 1.807) is 18.2 Å². The number of hydrogen-bond acceptors (Lipinski definition) is 5. The van der Waals surface area contributed by atoms with Crippen molar-refractivity contribution in [2.45, 2.75) is 35.8 Å². The Labute approximate surface area is 189 Å². The van der Waals surface area contributed by atoms with Crippen LogP contribution in [-0.2, 0) is 14.4 Å². The first kappa shape index (κ1) is 23.3. The first-order chi connectivity index (χ1) is 14.4. The number of likely N-dealkylation sites (tertiary alicyclic amines) is 1. The van der Waals surface area contributed by atoms with Crippen molar-refractivity contribution in [3.63, 3.8) is 0 Å². The third-order valence-corrected chi connectivity index (χ3v) is 6.40. The van der Waals surface area contributed by atoms with E-state index < -0.39 is 39.5 Å². The van der Waals surface area contributed by atoms with Crippen LogP contribution in [0.2, 0.25) is 0 Å². The van der Waals surface area contributed by atoms with Crippen LogP contribution in [0.4, 0.5) is 10.1 Å². The van der Waals surface area contributed by atoms with Crippen LogP contribution in [0.1, 0.15) is 25.3 Å². The first-order valence-corrected chi connectivity index (χ1v) is 10.5. The third kappa shape index (κ3) is 5.46. The Bertz CT molecular complexity index is 924. The molecule has 3 amide bonds. The number of rotatable bonds is 8. The average Bonchev–Trinajstić information content (AvgIpc) is 3.18. The van der Waals surface area contributed by atoms with Crippen LogP contribution in [0.15, 0.2) is 24.3 Å². The second kappa shape index (κ2) is 8.63. The molecule has 5 N–H and O–H groups in total. The molecule has 11 heteroatoms. The second-order valence-corrected chi connectivity index (χ2v) is 9.74. The van der Waals surface area contributed by atoms with Gasteiger partial charge >= 0.3 is 0 Å². The summed E-state index contributed by atoms with van der Waals surface area (Å²) >= 11 is 11.9. The summed E-state index contributed by atoms with van der Waals surface area (Å²) in [7, 11) is 0. The van der Waals surface area contributed by atoms with E-state index in [1.165, 1.54) is 17.9 Å². The number of para-hydroxylation sites is 1. The van der Waals surface area contributed by atoms with Gasteiger partial charge in [-0.15, -0.1) is 23.2 Å². The van der Waals surface area contributed by atoms with Gasteiger partial charge in [0.1, 0.15) is 21.8 Å². The van der Waals surface area contributed by atoms with E-state index in [9.17, 15) is 18.8 Å². The summed E-state index contributed by atoms with van der Waals surface area (Å²) in [6, 6.07) is 5.46. The van der Waals surface area contributed by atoms with Crippen molar-refractivity contribution in [2.24, 2.45) is 11.7 Å². The molecule has 0 bridgehead atoms. The molecule has 3 atom stereocenters. The molecular weight excluding hydrogens is 448 g/mol. The second-order valence-electron chi connectivity index (χ2n) is 8.20. The molecule has 2 aliphatic rings. The van der Waals surface area contributed by atoms with E-state index in [1.807, 2.05) is 0 Å². The number of carbonyl (C=O) groups excluding carboxylic acids is 3. The van der Waals surface area contributed by atoms with Crippen LogP contribution in [0, 0.1) is 11.3 Å². The lowest BCUT2D eigenvalue weighted by molar-refractivity contribution is -0.137. The van der Waals surface area contributed by atoms with Crippen molar-refractivity contribution < 1.29 is 18.8 Å². The van der Waals surface area contributed by atoms with Crippen LogP contribution in [0.5, 0.6) is 0 Å². The number of nitrogens with two attached hydrogens (primary N) is 1. The van der Waals surface area contributed by atoms with E-state index >= 15 is 0 Å². The predicted octanol–water partition coefficient (Wildman–Crippen LogP) is 1.59. The molecule has 1 aliphatic carbocycles. The lowest BCUT2D eigenvalue weighted by Gasteiger charge is -2.24. The van der Waals surface area contributed by atoms with Gasteiger partial charge in [0, 0.05) is 30.1 Å². The topological polar surface area (TPSA) is 128 Å². The highest BCUT2D eigenvalue weighted by Gasteiger charge is 2.52. The molecule has 1 saturated heterocycles. The summed E-state index contributed by atoms with van der Waals surface area (Å²) < 4.78 is 13.8. The molecule has 1 heterocycles. The molecule has 168 valence electrons. The Morgan fingerprint density at radius 3 is 2.55 bits per heavy atom. The van der Waals surface area contributed by atoms with E-state index in [0.29, 0.717) is 12.1 Å². The van der Waals surface area contributed by atoms with E-state index in [0.717, 1.165) is 0 Å². The van der Waals surface area contributed by atoms with Gasteiger partial charge in [-0.1, -0.05) is 18.2 Å². The molecule has 1 saturated carbocycles. The minimum atomic E-state index is -1.70. The Morgan fingerprint density at radius 2 is 1.94 bits per heavy atom. The van der Waals surface area contributed by atoms with Gasteiger partial charge < -0.3 is 21.3 Å². The minimum Gasteiger partial charge on any atom is -0.376 e. The molecule has 0 spiro atoms. The molecule has 31 heavy (non-hydrogen) atoms. The number of hydrogen-bond donors (Lipinski definition) is 4. The monoisotopic (exact) mass is 471 g/mol. The predicted molar refractivity (Wildman–Crippen MR) is 116 cm³/mol. The third-order valence-electron chi connectivity index (χ3n) is 5.47. The Kier molecular flexibility index (Phi) is 6.48. The molecule has 3 rings (SSSR count). The van der Waals surface area contributed by atoms with Crippen molar-refractivity contribution in [3.05, 3.63) is 29.8 Å². The number of anilines is 1. The zero-order chi connectivity index (χ0) is 23.0. The highest BCUT2D eigenvalue weighted by atomic mass is 35.5. The van der Waals surface area contributed by atoms with Gasteiger partial charge in [-0.05, 0) is 19.4 Å². The standard InChI is InChI=1S/C20H24Cl2FN5O3/c1-19(23)7-14(18(31)27-8-11-6-20(11,21)22)28(10-19)15(29)9-26-13-5-3-2-4-12(13)16(24)17(25)30/h2-5,11,14,24,26H,6-10H2,1H3,(H2,25,30)(H,27,31)/t11-,14+,19-/m1/s1. The minimum absolute atomic E-state index is 0.0687. The average molecular weight is 472 g/mol. The van der Waals surface area contributed by atoms with Crippen molar-refractivity contribution in [1.29, 1.82) is 5.41 Å². The van der Waals surface area contributed by atoms with Crippen molar-refractivity contribution in [3.8, 4) is 0 Å². The number of nitrogens with one attached hydrogen (secondary N) is 3. The number of alkyl halides is 3. The summed E-state index contributed by atoms with van der Waals surface area (Å²) in [6.07, 6.45) is 0.444. The zero-order valence-corrected chi connectivity index (χ0v) is 18.4. The fraction of sp³-hybridized carbons (Fsp3) is 0.500. The van der Waals surface area contributed by atoms with Gasteiger partial charge in [0.05, 0.1) is 13.1 Å². The number of nitrogens with zero attached hydrogens (tertiary/aromatic N) is 1. The van der Waals surface area contributed by atoms with Gasteiger partial charge in [-0.3, -0.25) is 19.8 Å². The number of carbonyl (C=O) groups is 3. The van der Waals surface area contributed by atoms with E-state index in [4.69, 9.17) is 34.3 Å². The molecule has 0 aromatic heterocycles. The molecule has 1 aromatic rings. The quantitative estimate of drug-likeness (QED) is 0.338. The smallest absolute Gasteiger partial charge is 0.267 e. The summed E-state index contributed by atoms with van der Waals surface area (Å²) in [4.78, 5) is 38.0. The molecular formula is C20H24Cl2FN5O3. The molecule has 8 nitrogen and oxygen atoms in total. The highest BCUT2D eigenvalue weighted by molar-refractivity contribution is 6.50. The molecule has 1 aromatic carbocycles. The maximum Gasteiger partial charge on any atom is 0.267 e. The van der Waals surface area contributed by atoms with Crippen molar-refractivity contribution >= 4 is 52.3 Å². The lowest BCUT2D eigenvalue weighted by Crippen LogP contribution is -2.48. The van der Waals surface area contributed by atoms with Crippen LogP contribution >= 0.6 is 23.2 Å². The number of primary amides is 1. The lowest BCUT2D eigenvalue weighted by atomic mass is 10.0. The van der Waals surface area contributed by atoms with Crippen molar-refractivity contribution in [1.82, 2.24) is 10.2 Å². The fourth-order valence-corrected chi connectivity index (χ4v) is 4.16. The largest absolute Gasteiger partial charge is 0.376 e. The van der Waals surface area contributed by atoms with Gasteiger partial charge in [0.2, 0.25) is 11.8 Å². The maximum atomic E-state index is 14.7. The molecule has 2 fully saturated rings. The van der Waals surface area contributed by atoms with Gasteiger partial charge in [0.15, 0.2) is 0 Å². The van der Waals surface area contributed by atoms with Crippen LogP contribution in [0.3, 0.4) is 0 Å². The molecule has 0 radical (unpaired) electrons. The molecule has 1 aliphatic heterocycles. The zero-order valence-electron chi connectivity index (χ0n) is 16.9. The Balaban J connectivity index is 1.65. The summed E-state index contributed by atoms with van der Waals surface area (Å²) in [5.41, 5.74) is 3.67. The Hall–Kier alpha value is -2.39. The van der Waals surface area contributed by atoms with Crippen LogP contribution in [0.25, 0.3) is 0 Å².